The largest absolute Gasteiger partial charge is 0.444 e. The molecule has 0 aromatic heterocycles. The van der Waals surface area contributed by atoms with Crippen LogP contribution >= 0.6 is 0 Å². The molecule has 0 fully saturated rings. The average Bonchev–Trinajstić information content (AvgIpc) is 2.52. The Kier molecular flexibility index (Phi) is 5.89. The summed E-state index contributed by atoms with van der Waals surface area (Å²) in [6.07, 6.45) is -0.688. The third-order valence-corrected chi connectivity index (χ3v) is 3.38. The summed E-state index contributed by atoms with van der Waals surface area (Å²) < 4.78 is 10.5. The molecule has 27 heavy (non-hydrogen) atoms. The highest BCUT2D eigenvalue weighted by molar-refractivity contribution is 5.96. The highest BCUT2D eigenvalue weighted by atomic mass is 16.6. The predicted octanol–water partition coefficient (Wildman–Crippen LogP) is 2.56. The van der Waals surface area contributed by atoms with Crippen molar-refractivity contribution in [2.24, 2.45) is 16.5 Å². The van der Waals surface area contributed by atoms with Gasteiger partial charge in [0, 0.05) is 5.39 Å². The number of alkyl carbamates (subject to hydrolysis) is 1. The van der Waals surface area contributed by atoms with E-state index in [9.17, 15) is 9.59 Å². The number of ether oxygens (including phenoxy) is 2. The Morgan fingerprint density at radius 3 is 2.48 bits per heavy atom. The molecule has 0 unspecified atom stereocenters. The summed E-state index contributed by atoms with van der Waals surface area (Å²) in [5, 5.41) is 4.06. The molecule has 0 saturated carbocycles. The normalized spacial score (nSPS) is 12.1. The van der Waals surface area contributed by atoms with Crippen molar-refractivity contribution in [2.75, 3.05) is 0 Å². The van der Waals surface area contributed by atoms with Crippen LogP contribution in [0.2, 0.25) is 0 Å². The zero-order chi connectivity index (χ0) is 20.2. The number of amides is 1. The minimum atomic E-state index is -0.872. The lowest BCUT2D eigenvalue weighted by atomic mass is 10.1. The lowest BCUT2D eigenvalue weighted by molar-refractivity contribution is -0.136. The third-order valence-electron chi connectivity index (χ3n) is 3.38. The number of hydrogen-bond donors (Lipinski definition) is 3. The second kappa shape index (κ2) is 7.94. The Bertz CT molecular complexity index is 883. The first kappa shape index (κ1) is 20.0. The first-order chi connectivity index (χ1) is 12.5. The van der Waals surface area contributed by atoms with E-state index in [0.29, 0.717) is 11.4 Å². The molecule has 0 spiro atoms. The Morgan fingerprint density at radius 1 is 1.15 bits per heavy atom. The van der Waals surface area contributed by atoms with Gasteiger partial charge in [-0.2, -0.15) is 0 Å². The summed E-state index contributed by atoms with van der Waals surface area (Å²) >= 11 is 0. The molecule has 0 saturated heterocycles. The zero-order valence-corrected chi connectivity index (χ0v) is 15.8. The topological polar surface area (TPSA) is 129 Å². The van der Waals surface area contributed by atoms with Crippen LogP contribution in [0.4, 0.5) is 10.5 Å². The van der Waals surface area contributed by atoms with Crippen LogP contribution in [0.1, 0.15) is 27.7 Å². The molecule has 8 nitrogen and oxygen atoms in total. The monoisotopic (exact) mass is 372 g/mol. The number of guanidine groups is 1. The summed E-state index contributed by atoms with van der Waals surface area (Å²) in [6.45, 7) is 6.73. The van der Waals surface area contributed by atoms with E-state index in [0.717, 1.165) is 10.8 Å². The number of aliphatic imine (C=N–C) groups is 1. The first-order valence-electron chi connectivity index (χ1n) is 8.39. The molecule has 0 aliphatic carbocycles. The van der Waals surface area contributed by atoms with Gasteiger partial charge in [0.05, 0.1) is 5.69 Å². The third kappa shape index (κ3) is 5.88. The lowest BCUT2D eigenvalue weighted by Gasteiger charge is -2.21. The first-order valence-corrected chi connectivity index (χ1v) is 8.39. The maximum Gasteiger partial charge on any atom is 0.408 e. The number of fused-ring (bicyclic) bond motifs is 1. The number of rotatable bonds is 4. The minimum Gasteiger partial charge on any atom is -0.444 e. The van der Waals surface area contributed by atoms with Crippen LogP contribution in [0, 0.1) is 0 Å². The summed E-state index contributed by atoms with van der Waals surface area (Å²) in [6, 6.07) is 9.63. The quantitative estimate of drug-likeness (QED) is 0.327. The highest BCUT2D eigenvalue weighted by Crippen LogP contribution is 2.29. The van der Waals surface area contributed by atoms with Gasteiger partial charge in [0.15, 0.2) is 5.96 Å². The van der Waals surface area contributed by atoms with Gasteiger partial charge >= 0.3 is 12.1 Å². The van der Waals surface area contributed by atoms with Crippen LogP contribution in [0.25, 0.3) is 10.8 Å². The van der Waals surface area contributed by atoms with Crippen LogP contribution in [-0.2, 0) is 9.53 Å². The molecule has 1 amide bonds. The van der Waals surface area contributed by atoms with Crippen LogP contribution < -0.4 is 21.5 Å². The molecule has 2 rings (SSSR count). The van der Waals surface area contributed by atoms with Gasteiger partial charge in [-0.15, -0.1) is 0 Å². The Morgan fingerprint density at radius 2 is 1.85 bits per heavy atom. The number of esters is 1. The van der Waals surface area contributed by atoms with Crippen molar-refractivity contribution < 1.29 is 19.1 Å². The van der Waals surface area contributed by atoms with Crippen LogP contribution in [-0.4, -0.2) is 29.7 Å². The van der Waals surface area contributed by atoms with E-state index in [1.807, 2.05) is 6.07 Å². The van der Waals surface area contributed by atoms with Gasteiger partial charge in [0.1, 0.15) is 17.4 Å². The molecular weight excluding hydrogens is 348 g/mol. The van der Waals surface area contributed by atoms with E-state index >= 15 is 0 Å². The van der Waals surface area contributed by atoms with E-state index < -0.39 is 23.7 Å². The van der Waals surface area contributed by atoms with Crippen LogP contribution in [0.15, 0.2) is 41.4 Å². The minimum absolute atomic E-state index is 0.0416. The van der Waals surface area contributed by atoms with Crippen molar-refractivity contribution >= 4 is 34.5 Å². The maximum atomic E-state index is 12.2. The van der Waals surface area contributed by atoms with Gasteiger partial charge in [-0.05, 0) is 57.3 Å². The molecule has 5 N–H and O–H groups in total. The van der Waals surface area contributed by atoms with Crippen molar-refractivity contribution in [1.82, 2.24) is 5.32 Å². The number of benzene rings is 2. The molecule has 2 aromatic carbocycles. The van der Waals surface area contributed by atoms with E-state index in [1.165, 1.54) is 6.92 Å². The molecule has 0 heterocycles. The van der Waals surface area contributed by atoms with E-state index in [-0.39, 0.29) is 5.96 Å². The van der Waals surface area contributed by atoms with Gasteiger partial charge < -0.3 is 26.3 Å². The van der Waals surface area contributed by atoms with Gasteiger partial charge in [-0.1, -0.05) is 12.1 Å². The lowest BCUT2D eigenvalue weighted by Crippen LogP contribution is -2.43. The number of carbonyl (C=O) groups is 2. The number of nitrogens with one attached hydrogen (secondary N) is 1. The molecule has 0 aliphatic rings. The van der Waals surface area contributed by atoms with Crippen molar-refractivity contribution in [3.05, 3.63) is 36.4 Å². The van der Waals surface area contributed by atoms with Crippen molar-refractivity contribution in [3.8, 4) is 5.75 Å². The van der Waals surface area contributed by atoms with Crippen LogP contribution in [0.3, 0.4) is 0 Å². The zero-order valence-electron chi connectivity index (χ0n) is 15.8. The Labute approximate surface area is 157 Å². The highest BCUT2D eigenvalue weighted by Gasteiger charge is 2.22. The molecule has 0 radical (unpaired) electrons. The average molecular weight is 372 g/mol. The molecule has 144 valence electrons. The fraction of sp³-hybridized carbons (Fsp3) is 0.316. The van der Waals surface area contributed by atoms with Crippen molar-refractivity contribution in [3.63, 3.8) is 0 Å². The van der Waals surface area contributed by atoms with Crippen LogP contribution in [0.5, 0.6) is 5.75 Å². The predicted molar refractivity (Wildman–Crippen MR) is 104 cm³/mol. The molecule has 0 bridgehead atoms. The number of nitrogens with two attached hydrogens (primary N) is 2. The molecule has 1 atom stereocenters. The van der Waals surface area contributed by atoms with E-state index in [1.54, 1.807) is 51.1 Å². The summed E-state index contributed by atoms with van der Waals surface area (Å²) in [7, 11) is 0. The van der Waals surface area contributed by atoms with E-state index in [2.05, 4.69) is 10.3 Å². The number of nitrogens with zero attached hydrogens (tertiary/aromatic N) is 1. The second-order valence-electron chi connectivity index (χ2n) is 6.99. The molecule has 0 aliphatic heterocycles. The number of carbonyl (C=O) groups excluding carboxylic acids is 2. The molecular formula is C19H24N4O4. The Balaban J connectivity index is 2.10. The summed E-state index contributed by atoms with van der Waals surface area (Å²) in [5.41, 5.74) is 10.8. The summed E-state index contributed by atoms with van der Waals surface area (Å²) in [5.74, 6) is -0.312. The van der Waals surface area contributed by atoms with Gasteiger partial charge in [-0.25, -0.2) is 14.6 Å². The summed E-state index contributed by atoms with van der Waals surface area (Å²) in [4.78, 5) is 28.0. The van der Waals surface area contributed by atoms with Crippen molar-refractivity contribution in [2.45, 2.75) is 39.3 Å². The number of hydrogen-bond acceptors (Lipinski definition) is 5. The van der Waals surface area contributed by atoms with Gasteiger partial charge in [-0.3, -0.25) is 0 Å². The fourth-order valence-electron chi connectivity index (χ4n) is 2.29. The second-order valence-corrected chi connectivity index (χ2v) is 6.99. The maximum absolute atomic E-state index is 12.2. The van der Waals surface area contributed by atoms with Gasteiger partial charge in [0.2, 0.25) is 0 Å². The SMILES string of the molecule is C[C@H](NC(=O)OC(C)(C)C)C(=O)Oc1ccc2c(N=C(N)N)cccc2c1. The Hall–Kier alpha value is -3.29. The fourth-order valence-corrected chi connectivity index (χ4v) is 2.29. The van der Waals surface area contributed by atoms with Crippen molar-refractivity contribution in [1.29, 1.82) is 0 Å². The van der Waals surface area contributed by atoms with E-state index in [4.69, 9.17) is 20.9 Å². The smallest absolute Gasteiger partial charge is 0.408 e. The molecule has 8 heteroatoms. The molecule has 2 aromatic rings. The standard InChI is InChI=1S/C19H24N4O4/c1-11(22-18(25)27-19(2,3)4)16(24)26-13-8-9-14-12(10-13)6-5-7-15(14)23-17(20)21/h5-11H,1-4H3,(H,22,25)(H4,20,21,23)/t11-/m0/s1. The van der Waals surface area contributed by atoms with Gasteiger partial charge in [0.25, 0.3) is 0 Å².